The Hall–Kier alpha value is -1.25. The van der Waals surface area contributed by atoms with Crippen molar-refractivity contribution in [2.45, 2.75) is 25.9 Å². The molecule has 1 aromatic rings. The molecule has 5 heteroatoms. The summed E-state index contributed by atoms with van der Waals surface area (Å²) in [6, 6.07) is 3.99. The number of hydrogen-bond acceptors (Lipinski definition) is 5. The number of rotatable bonds is 2. The first kappa shape index (κ1) is 12.2. The normalized spacial score (nSPS) is 19.0. The van der Waals surface area contributed by atoms with E-state index in [-0.39, 0.29) is 6.10 Å². The SMILES string of the molecule is CC(O)C1CCN(c2cc(N)c(C#N)s2)CC1. The second-order valence-corrected chi connectivity index (χ2v) is 5.58. The van der Waals surface area contributed by atoms with Crippen LogP contribution in [-0.2, 0) is 0 Å². The number of aliphatic hydroxyl groups excluding tert-OH is 1. The maximum atomic E-state index is 9.54. The predicted molar refractivity (Wildman–Crippen MR) is 70.1 cm³/mol. The van der Waals surface area contributed by atoms with E-state index in [2.05, 4.69) is 11.0 Å². The molecular formula is C12H17N3OS. The number of hydrogen-bond donors (Lipinski definition) is 2. The van der Waals surface area contributed by atoms with Crippen molar-refractivity contribution in [3.05, 3.63) is 10.9 Å². The van der Waals surface area contributed by atoms with Crippen molar-refractivity contribution in [1.29, 1.82) is 5.26 Å². The summed E-state index contributed by atoms with van der Waals surface area (Å²) in [4.78, 5) is 2.85. The van der Waals surface area contributed by atoms with Crippen LogP contribution in [0.5, 0.6) is 0 Å². The Kier molecular flexibility index (Phi) is 3.55. The van der Waals surface area contributed by atoms with Gasteiger partial charge in [-0.05, 0) is 31.7 Å². The molecule has 1 fully saturated rings. The van der Waals surface area contributed by atoms with Gasteiger partial charge in [-0.1, -0.05) is 0 Å². The van der Waals surface area contributed by atoms with Crippen molar-refractivity contribution in [2.24, 2.45) is 5.92 Å². The number of piperidine rings is 1. The molecule has 1 saturated heterocycles. The van der Waals surface area contributed by atoms with E-state index in [1.54, 1.807) is 0 Å². The highest BCUT2D eigenvalue weighted by Crippen LogP contribution is 2.34. The lowest BCUT2D eigenvalue weighted by atomic mass is 9.92. The molecule has 0 bridgehead atoms. The van der Waals surface area contributed by atoms with Crippen LogP contribution in [-0.4, -0.2) is 24.3 Å². The molecule has 1 aliphatic rings. The van der Waals surface area contributed by atoms with Crippen molar-refractivity contribution in [3.8, 4) is 6.07 Å². The van der Waals surface area contributed by atoms with Crippen molar-refractivity contribution in [1.82, 2.24) is 0 Å². The van der Waals surface area contributed by atoms with Gasteiger partial charge in [0, 0.05) is 13.1 Å². The third kappa shape index (κ3) is 2.54. The molecule has 1 unspecified atom stereocenters. The van der Waals surface area contributed by atoms with Crippen LogP contribution >= 0.6 is 11.3 Å². The van der Waals surface area contributed by atoms with Gasteiger partial charge in [0.1, 0.15) is 10.9 Å². The number of nitriles is 1. The smallest absolute Gasteiger partial charge is 0.129 e. The Morgan fingerprint density at radius 3 is 2.71 bits per heavy atom. The highest BCUT2D eigenvalue weighted by molar-refractivity contribution is 7.17. The van der Waals surface area contributed by atoms with Gasteiger partial charge >= 0.3 is 0 Å². The number of nitrogen functional groups attached to an aromatic ring is 1. The van der Waals surface area contributed by atoms with E-state index in [4.69, 9.17) is 11.0 Å². The first-order valence-electron chi connectivity index (χ1n) is 5.84. The van der Waals surface area contributed by atoms with E-state index in [9.17, 15) is 5.11 Å². The van der Waals surface area contributed by atoms with E-state index in [0.717, 1.165) is 30.9 Å². The minimum Gasteiger partial charge on any atom is -0.397 e. The van der Waals surface area contributed by atoms with Crippen LogP contribution in [0.1, 0.15) is 24.6 Å². The zero-order chi connectivity index (χ0) is 12.4. The zero-order valence-electron chi connectivity index (χ0n) is 9.89. The molecule has 1 aliphatic heterocycles. The quantitative estimate of drug-likeness (QED) is 0.840. The van der Waals surface area contributed by atoms with Crippen LogP contribution in [0, 0.1) is 17.2 Å². The van der Waals surface area contributed by atoms with Crippen molar-refractivity contribution < 1.29 is 5.11 Å². The Morgan fingerprint density at radius 1 is 1.59 bits per heavy atom. The number of nitrogens with zero attached hydrogens (tertiary/aromatic N) is 2. The lowest BCUT2D eigenvalue weighted by Crippen LogP contribution is -2.36. The van der Waals surface area contributed by atoms with E-state index >= 15 is 0 Å². The summed E-state index contributed by atoms with van der Waals surface area (Å²) in [5.74, 6) is 0.402. The van der Waals surface area contributed by atoms with Crippen LogP contribution in [0.25, 0.3) is 0 Å². The number of anilines is 2. The van der Waals surface area contributed by atoms with Crippen LogP contribution in [0.4, 0.5) is 10.7 Å². The number of nitrogens with two attached hydrogens (primary N) is 1. The average Bonchev–Trinajstić information content (AvgIpc) is 2.70. The second kappa shape index (κ2) is 4.94. The largest absolute Gasteiger partial charge is 0.397 e. The fraction of sp³-hybridized carbons (Fsp3) is 0.583. The molecule has 17 heavy (non-hydrogen) atoms. The van der Waals surface area contributed by atoms with Gasteiger partial charge in [-0.2, -0.15) is 5.26 Å². The summed E-state index contributed by atoms with van der Waals surface area (Å²) in [7, 11) is 0. The summed E-state index contributed by atoms with van der Waals surface area (Å²) in [5, 5.41) is 19.5. The molecular weight excluding hydrogens is 234 g/mol. The Bertz CT molecular complexity index is 427. The van der Waals surface area contributed by atoms with Crippen molar-refractivity contribution >= 4 is 22.0 Å². The lowest BCUT2D eigenvalue weighted by Gasteiger charge is -2.33. The Morgan fingerprint density at radius 2 is 2.24 bits per heavy atom. The Balaban J connectivity index is 2.03. The van der Waals surface area contributed by atoms with Crippen molar-refractivity contribution in [2.75, 3.05) is 23.7 Å². The van der Waals surface area contributed by atoms with Gasteiger partial charge < -0.3 is 15.7 Å². The summed E-state index contributed by atoms with van der Waals surface area (Å²) >= 11 is 1.45. The first-order valence-corrected chi connectivity index (χ1v) is 6.66. The molecule has 1 aromatic heterocycles. The molecule has 0 saturated carbocycles. The number of aliphatic hydroxyl groups is 1. The third-order valence-corrected chi connectivity index (χ3v) is 4.50. The summed E-state index contributed by atoms with van der Waals surface area (Å²) in [6.45, 7) is 3.72. The summed E-state index contributed by atoms with van der Waals surface area (Å²) < 4.78 is 0. The van der Waals surface area contributed by atoms with Crippen LogP contribution in [0.3, 0.4) is 0 Å². The molecule has 2 heterocycles. The van der Waals surface area contributed by atoms with Crippen LogP contribution in [0.2, 0.25) is 0 Å². The van der Waals surface area contributed by atoms with Gasteiger partial charge in [-0.3, -0.25) is 0 Å². The highest BCUT2D eigenvalue weighted by Gasteiger charge is 2.24. The summed E-state index contributed by atoms with van der Waals surface area (Å²) in [5.41, 5.74) is 6.33. The van der Waals surface area contributed by atoms with Gasteiger partial charge in [0.15, 0.2) is 0 Å². The molecule has 0 amide bonds. The molecule has 1 atom stereocenters. The van der Waals surface area contributed by atoms with Gasteiger partial charge in [-0.15, -0.1) is 11.3 Å². The molecule has 92 valence electrons. The standard InChI is InChI=1S/C12H17N3OS/c1-8(16)9-2-4-15(5-3-9)12-6-10(14)11(7-13)17-12/h6,8-9,16H,2-5,14H2,1H3. The van der Waals surface area contributed by atoms with E-state index in [1.807, 2.05) is 13.0 Å². The maximum Gasteiger partial charge on any atom is 0.129 e. The minimum atomic E-state index is -0.222. The van der Waals surface area contributed by atoms with Gasteiger partial charge in [0.05, 0.1) is 16.8 Å². The predicted octanol–water partition coefficient (Wildman–Crippen LogP) is 1.80. The molecule has 0 radical (unpaired) electrons. The molecule has 0 aliphatic carbocycles. The van der Waals surface area contributed by atoms with Gasteiger partial charge in [-0.25, -0.2) is 0 Å². The Labute approximate surface area is 105 Å². The average molecular weight is 251 g/mol. The van der Waals surface area contributed by atoms with Gasteiger partial charge in [0.25, 0.3) is 0 Å². The lowest BCUT2D eigenvalue weighted by molar-refractivity contribution is 0.110. The van der Waals surface area contributed by atoms with E-state index < -0.39 is 0 Å². The molecule has 4 nitrogen and oxygen atoms in total. The molecule has 2 rings (SSSR count). The monoisotopic (exact) mass is 251 g/mol. The second-order valence-electron chi connectivity index (χ2n) is 4.55. The zero-order valence-corrected chi connectivity index (χ0v) is 10.7. The topological polar surface area (TPSA) is 73.3 Å². The fourth-order valence-corrected chi connectivity index (χ4v) is 3.17. The molecule has 0 spiro atoms. The van der Waals surface area contributed by atoms with Crippen LogP contribution in [0.15, 0.2) is 6.07 Å². The molecule has 0 aromatic carbocycles. The first-order chi connectivity index (χ1) is 8.11. The molecule has 3 N–H and O–H groups in total. The van der Waals surface area contributed by atoms with E-state index in [1.165, 1.54) is 11.3 Å². The van der Waals surface area contributed by atoms with Crippen molar-refractivity contribution in [3.63, 3.8) is 0 Å². The minimum absolute atomic E-state index is 0.222. The number of thiophene rings is 1. The third-order valence-electron chi connectivity index (χ3n) is 3.38. The van der Waals surface area contributed by atoms with E-state index in [0.29, 0.717) is 16.5 Å². The van der Waals surface area contributed by atoms with Crippen LogP contribution < -0.4 is 10.6 Å². The summed E-state index contributed by atoms with van der Waals surface area (Å²) in [6.07, 6.45) is 1.77. The maximum absolute atomic E-state index is 9.54. The van der Waals surface area contributed by atoms with Gasteiger partial charge in [0.2, 0.25) is 0 Å². The highest BCUT2D eigenvalue weighted by atomic mass is 32.1. The fourth-order valence-electron chi connectivity index (χ4n) is 2.24.